The Bertz CT molecular complexity index is 1020. The molecule has 0 spiro atoms. The van der Waals surface area contributed by atoms with Gasteiger partial charge in [-0.15, -0.1) is 0 Å². The van der Waals surface area contributed by atoms with Crippen LogP contribution in [-0.4, -0.2) is 14.2 Å². The molecule has 4 aromatic carbocycles. The first-order chi connectivity index (χ1) is 16.8. The van der Waals surface area contributed by atoms with Crippen molar-refractivity contribution in [2.45, 2.75) is 25.2 Å². The minimum atomic E-state index is 0.0308. The van der Waals surface area contributed by atoms with Crippen molar-refractivity contribution < 1.29 is 9.47 Å². The van der Waals surface area contributed by atoms with Crippen LogP contribution in [0, 0.1) is 0 Å². The standard InChI is InChI=1S/C30H32N2O2/c1-33-27-17-13-25(14-18-27)29(31-21-23-9-5-3-6-10-23)30(26-15-19-28(34-2)20-16-26)32-22-24-11-7-4-8-12-24/h3-20,29-32H,21-22H2,1-2H3/t29-,30-/m1/s1. The molecule has 174 valence electrons. The van der Waals surface area contributed by atoms with Gasteiger partial charge in [-0.1, -0.05) is 84.9 Å². The second kappa shape index (κ2) is 12.0. The Morgan fingerprint density at radius 1 is 0.500 bits per heavy atom. The molecular weight excluding hydrogens is 420 g/mol. The van der Waals surface area contributed by atoms with Crippen molar-refractivity contribution in [1.82, 2.24) is 10.6 Å². The van der Waals surface area contributed by atoms with Crippen molar-refractivity contribution in [3.8, 4) is 11.5 Å². The number of benzene rings is 4. The predicted octanol–water partition coefficient (Wildman–Crippen LogP) is 6.07. The summed E-state index contributed by atoms with van der Waals surface area (Å²) in [7, 11) is 3.39. The van der Waals surface area contributed by atoms with Crippen molar-refractivity contribution in [3.05, 3.63) is 131 Å². The van der Waals surface area contributed by atoms with Gasteiger partial charge < -0.3 is 20.1 Å². The number of methoxy groups -OCH3 is 2. The fourth-order valence-corrected chi connectivity index (χ4v) is 4.13. The van der Waals surface area contributed by atoms with E-state index < -0.39 is 0 Å². The van der Waals surface area contributed by atoms with Crippen LogP contribution >= 0.6 is 0 Å². The van der Waals surface area contributed by atoms with Crippen LogP contribution in [-0.2, 0) is 13.1 Å². The summed E-state index contributed by atoms with van der Waals surface area (Å²) in [6.07, 6.45) is 0. The van der Waals surface area contributed by atoms with Crippen LogP contribution in [0.3, 0.4) is 0 Å². The maximum absolute atomic E-state index is 5.40. The number of rotatable bonds is 11. The molecule has 0 amide bonds. The summed E-state index contributed by atoms with van der Waals surface area (Å²) >= 11 is 0. The van der Waals surface area contributed by atoms with Gasteiger partial charge in [-0.3, -0.25) is 0 Å². The lowest BCUT2D eigenvalue weighted by Gasteiger charge is -2.31. The average molecular weight is 453 g/mol. The molecule has 34 heavy (non-hydrogen) atoms. The van der Waals surface area contributed by atoms with E-state index in [1.807, 2.05) is 36.4 Å². The van der Waals surface area contributed by atoms with E-state index in [-0.39, 0.29) is 12.1 Å². The Balaban J connectivity index is 1.67. The zero-order valence-electron chi connectivity index (χ0n) is 19.8. The van der Waals surface area contributed by atoms with Gasteiger partial charge >= 0.3 is 0 Å². The molecule has 2 N–H and O–H groups in total. The maximum Gasteiger partial charge on any atom is 0.118 e. The van der Waals surface area contributed by atoms with Gasteiger partial charge in [0.1, 0.15) is 11.5 Å². The van der Waals surface area contributed by atoms with Crippen LogP contribution in [0.25, 0.3) is 0 Å². The highest BCUT2D eigenvalue weighted by Crippen LogP contribution is 2.32. The van der Waals surface area contributed by atoms with Crippen molar-refractivity contribution in [2.75, 3.05) is 14.2 Å². The third-order valence-electron chi connectivity index (χ3n) is 6.02. The third kappa shape index (κ3) is 6.25. The van der Waals surface area contributed by atoms with E-state index in [0.717, 1.165) is 24.6 Å². The molecule has 0 aromatic heterocycles. The van der Waals surface area contributed by atoms with Crippen LogP contribution in [0.5, 0.6) is 11.5 Å². The molecule has 0 aliphatic carbocycles. The lowest BCUT2D eigenvalue weighted by Crippen LogP contribution is -2.35. The molecule has 0 radical (unpaired) electrons. The molecule has 0 aliphatic rings. The van der Waals surface area contributed by atoms with Crippen LogP contribution in [0.4, 0.5) is 0 Å². The van der Waals surface area contributed by atoms with Crippen molar-refractivity contribution in [1.29, 1.82) is 0 Å². The monoisotopic (exact) mass is 452 g/mol. The fraction of sp³-hybridized carbons (Fsp3) is 0.200. The highest BCUT2D eigenvalue weighted by atomic mass is 16.5. The Labute approximate surface area is 202 Å². The smallest absolute Gasteiger partial charge is 0.118 e. The topological polar surface area (TPSA) is 42.5 Å². The molecule has 4 nitrogen and oxygen atoms in total. The summed E-state index contributed by atoms with van der Waals surface area (Å²) in [5.74, 6) is 1.70. The molecule has 0 fully saturated rings. The maximum atomic E-state index is 5.40. The first kappa shape index (κ1) is 23.6. The Morgan fingerprint density at radius 3 is 1.18 bits per heavy atom. The summed E-state index contributed by atoms with van der Waals surface area (Å²) < 4.78 is 10.8. The lowest BCUT2D eigenvalue weighted by molar-refractivity contribution is 0.378. The van der Waals surface area contributed by atoms with Gasteiger partial charge in [0, 0.05) is 13.1 Å². The van der Waals surface area contributed by atoms with Crippen LogP contribution in [0.2, 0.25) is 0 Å². The first-order valence-corrected chi connectivity index (χ1v) is 11.6. The van der Waals surface area contributed by atoms with Gasteiger partial charge in [-0.05, 0) is 46.5 Å². The normalized spacial score (nSPS) is 12.6. The molecule has 0 saturated carbocycles. The van der Waals surface area contributed by atoms with Gasteiger partial charge in [0.2, 0.25) is 0 Å². The van der Waals surface area contributed by atoms with Crippen molar-refractivity contribution in [2.24, 2.45) is 0 Å². The first-order valence-electron chi connectivity index (χ1n) is 11.6. The highest BCUT2D eigenvalue weighted by Gasteiger charge is 2.25. The number of hydrogen-bond donors (Lipinski definition) is 2. The van der Waals surface area contributed by atoms with Crippen LogP contribution < -0.4 is 20.1 Å². The van der Waals surface area contributed by atoms with E-state index in [0.29, 0.717) is 0 Å². The number of nitrogens with one attached hydrogen (secondary N) is 2. The van der Waals surface area contributed by atoms with Gasteiger partial charge in [-0.2, -0.15) is 0 Å². The summed E-state index contributed by atoms with van der Waals surface area (Å²) in [5, 5.41) is 7.64. The third-order valence-corrected chi connectivity index (χ3v) is 6.02. The Hall–Kier alpha value is -3.60. The zero-order valence-corrected chi connectivity index (χ0v) is 19.8. The van der Waals surface area contributed by atoms with Crippen LogP contribution in [0.15, 0.2) is 109 Å². The second-order valence-corrected chi connectivity index (χ2v) is 8.23. The van der Waals surface area contributed by atoms with E-state index in [2.05, 4.69) is 83.4 Å². The molecule has 0 saturated heterocycles. The minimum Gasteiger partial charge on any atom is -0.497 e. The SMILES string of the molecule is COc1ccc([C@@H](NCc2ccccc2)[C@H](NCc2ccccc2)c2ccc(OC)cc2)cc1. The van der Waals surface area contributed by atoms with Gasteiger partial charge in [0.15, 0.2) is 0 Å². The highest BCUT2D eigenvalue weighted by molar-refractivity contribution is 5.35. The zero-order chi connectivity index (χ0) is 23.6. The van der Waals surface area contributed by atoms with Gasteiger partial charge in [0.05, 0.1) is 26.3 Å². The molecule has 4 aromatic rings. The molecule has 0 heterocycles. The minimum absolute atomic E-state index is 0.0308. The summed E-state index contributed by atoms with van der Waals surface area (Å²) in [4.78, 5) is 0. The van der Waals surface area contributed by atoms with Crippen molar-refractivity contribution in [3.63, 3.8) is 0 Å². The lowest BCUT2D eigenvalue weighted by atomic mass is 9.92. The number of ether oxygens (including phenoxy) is 2. The molecule has 0 bridgehead atoms. The van der Waals surface area contributed by atoms with E-state index in [9.17, 15) is 0 Å². The van der Waals surface area contributed by atoms with Crippen molar-refractivity contribution >= 4 is 0 Å². The largest absolute Gasteiger partial charge is 0.497 e. The molecular formula is C30H32N2O2. The van der Waals surface area contributed by atoms with Gasteiger partial charge in [-0.25, -0.2) is 0 Å². The molecule has 0 unspecified atom stereocenters. The molecule has 0 aliphatic heterocycles. The quantitative estimate of drug-likeness (QED) is 0.290. The molecule has 2 atom stereocenters. The van der Waals surface area contributed by atoms with E-state index in [4.69, 9.17) is 9.47 Å². The molecule has 4 rings (SSSR count). The summed E-state index contributed by atoms with van der Waals surface area (Å²) in [6.45, 7) is 1.52. The number of hydrogen-bond acceptors (Lipinski definition) is 4. The van der Waals surface area contributed by atoms with Crippen LogP contribution in [0.1, 0.15) is 34.3 Å². The summed E-state index contributed by atoms with van der Waals surface area (Å²) in [6, 6.07) is 37.7. The summed E-state index contributed by atoms with van der Waals surface area (Å²) in [5.41, 5.74) is 4.88. The second-order valence-electron chi connectivity index (χ2n) is 8.23. The Kier molecular flexibility index (Phi) is 8.33. The fourth-order valence-electron chi connectivity index (χ4n) is 4.13. The van der Waals surface area contributed by atoms with E-state index in [1.54, 1.807) is 14.2 Å². The average Bonchev–Trinajstić information content (AvgIpc) is 2.92. The predicted molar refractivity (Wildman–Crippen MR) is 138 cm³/mol. The van der Waals surface area contributed by atoms with E-state index in [1.165, 1.54) is 22.3 Å². The van der Waals surface area contributed by atoms with Gasteiger partial charge in [0.25, 0.3) is 0 Å². The van der Waals surface area contributed by atoms with E-state index >= 15 is 0 Å². The molecule has 4 heteroatoms. The Morgan fingerprint density at radius 2 is 0.853 bits per heavy atom.